The van der Waals surface area contributed by atoms with Crippen molar-refractivity contribution in [2.24, 2.45) is 0 Å². The van der Waals surface area contributed by atoms with E-state index in [2.05, 4.69) is 10.3 Å². The van der Waals surface area contributed by atoms with Crippen LogP contribution in [0.2, 0.25) is 0 Å². The third-order valence-corrected chi connectivity index (χ3v) is 2.92. The van der Waals surface area contributed by atoms with Crippen LogP contribution in [-0.2, 0) is 16.1 Å². The van der Waals surface area contributed by atoms with Crippen LogP contribution in [0.25, 0.3) is 0 Å². The molecule has 110 valence electrons. The molecule has 0 radical (unpaired) electrons. The molecule has 5 heteroatoms. The number of benzene rings is 1. The Labute approximate surface area is 123 Å². The maximum Gasteiger partial charge on any atom is 0.254 e. The number of rotatable bonds is 6. The highest BCUT2D eigenvalue weighted by atomic mass is 16.5. The van der Waals surface area contributed by atoms with E-state index in [9.17, 15) is 4.79 Å². The molecule has 21 heavy (non-hydrogen) atoms. The predicted molar refractivity (Wildman–Crippen MR) is 80.1 cm³/mol. The van der Waals surface area contributed by atoms with Gasteiger partial charge in [-0.05, 0) is 36.8 Å². The lowest BCUT2D eigenvalue weighted by atomic mass is 10.2. The zero-order valence-electron chi connectivity index (χ0n) is 12.1. The molecular weight excluding hydrogens is 268 g/mol. The van der Waals surface area contributed by atoms with Crippen LogP contribution in [-0.4, -0.2) is 24.1 Å². The summed E-state index contributed by atoms with van der Waals surface area (Å²) in [6.45, 7) is 2.05. The maximum absolute atomic E-state index is 12.0. The Kier molecular flexibility index (Phi) is 5.29. The lowest BCUT2D eigenvalue weighted by Gasteiger charge is -2.13. The smallest absolute Gasteiger partial charge is 0.254 e. The molecule has 1 aromatic carbocycles. The molecule has 0 saturated carbocycles. The van der Waals surface area contributed by atoms with Crippen molar-refractivity contribution < 1.29 is 14.3 Å². The average Bonchev–Trinajstić information content (AvgIpc) is 2.53. The van der Waals surface area contributed by atoms with E-state index in [1.54, 1.807) is 32.4 Å². The molecule has 0 spiro atoms. The van der Waals surface area contributed by atoms with Crippen molar-refractivity contribution in [3.8, 4) is 5.75 Å². The minimum atomic E-state index is -0.571. The Morgan fingerprint density at radius 1 is 1.29 bits per heavy atom. The summed E-state index contributed by atoms with van der Waals surface area (Å²) in [5.41, 5.74) is 0.951. The largest absolute Gasteiger partial charge is 0.497 e. The van der Waals surface area contributed by atoms with Gasteiger partial charge in [0.1, 0.15) is 17.7 Å². The zero-order valence-corrected chi connectivity index (χ0v) is 12.1. The van der Waals surface area contributed by atoms with Gasteiger partial charge in [0.25, 0.3) is 5.91 Å². The van der Waals surface area contributed by atoms with Crippen molar-refractivity contribution >= 4 is 11.7 Å². The number of nitrogens with one attached hydrogen (secondary N) is 1. The monoisotopic (exact) mass is 286 g/mol. The van der Waals surface area contributed by atoms with Crippen molar-refractivity contribution in [1.29, 1.82) is 0 Å². The number of carbonyl (C=O) groups excluding carboxylic acids is 1. The number of ether oxygens (including phenoxy) is 2. The van der Waals surface area contributed by atoms with Crippen molar-refractivity contribution in [1.82, 2.24) is 4.98 Å². The average molecular weight is 286 g/mol. The van der Waals surface area contributed by atoms with E-state index in [0.717, 1.165) is 11.3 Å². The molecule has 2 aromatic rings. The fourth-order valence-electron chi connectivity index (χ4n) is 1.72. The summed E-state index contributed by atoms with van der Waals surface area (Å²) < 4.78 is 10.7. The topological polar surface area (TPSA) is 60.5 Å². The van der Waals surface area contributed by atoms with Crippen LogP contribution in [0.5, 0.6) is 5.75 Å². The van der Waals surface area contributed by atoms with E-state index in [1.807, 2.05) is 30.3 Å². The van der Waals surface area contributed by atoms with Gasteiger partial charge >= 0.3 is 0 Å². The Balaban J connectivity index is 1.86. The number of hydrogen-bond acceptors (Lipinski definition) is 4. The fraction of sp³-hybridized carbons (Fsp3) is 0.250. The van der Waals surface area contributed by atoms with Gasteiger partial charge in [-0.25, -0.2) is 4.98 Å². The molecule has 1 heterocycles. The van der Waals surface area contributed by atoms with Crippen LogP contribution in [0.3, 0.4) is 0 Å². The van der Waals surface area contributed by atoms with Gasteiger partial charge in [0, 0.05) is 6.20 Å². The molecule has 2 rings (SSSR count). The standard InChI is InChI=1S/C16H18N2O3/c1-12(16(19)18-15-8-3-4-9-17-15)21-11-13-6-5-7-14(10-13)20-2/h3-10,12H,11H2,1-2H3,(H,17,18,19). The molecule has 1 unspecified atom stereocenters. The first kappa shape index (κ1) is 15.0. The molecule has 1 N–H and O–H groups in total. The highest BCUT2D eigenvalue weighted by Gasteiger charge is 2.14. The summed E-state index contributed by atoms with van der Waals surface area (Å²) in [5, 5.41) is 2.70. The van der Waals surface area contributed by atoms with Gasteiger partial charge in [-0.1, -0.05) is 18.2 Å². The van der Waals surface area contributed by atoms with E-state index >= 15 is 0 Å². The number of carbonyl (C=O) groups is 1. The lowest BCUT2D eigenvalue weighted by Crippen LogP contribution is -2.27. The third-order valence-electron chi connectivity index (χ3n) is 2.92. The SMILES string of the molecule is COc1cccc(COC(C)C(=O)Nc2ccccn2)c1. The molecule has 0 bridgehead atoms. The number of aromatic nitrogens is 1. The van der Waals surface area contributed by atoms with Crippen LogP contribution in [0.15, 0.2) is 48.7 Å². The molecule has 0 saturated heterocycles. The summed E-state index contributed by atoms with van der Waals surface area (Å²) >= 11 is 0. The summed E-state index contributed by atoms with van der Waals surface area (Å²) in [4.78, 5) is 16.0. The molecule has 5 nitrogen and oxygen atoms in total. The maximum atomic E-state index is 12.0. The summed E-state index contributed by atoms with van der Waals surface area (Å²) in [7, 11) is 1.61. The van der Waals surface area contributed by atoms with Crippen molar-refractivity contribution in [2.45, 2.75) is 19.6 Å². The van der Waals surface area contributed by atoms with Gasteiger partial charge in [0.05, 0.1) is 13.7 Å². The van der Waals surface area contributed by atoms with Crippen LogP contribution >= 0.6 is 0 Å². The van der Waals surface area contributed by atoms with Gasteiger partial charge in [0.2, 0.25) is 0 Å². The summed E-state index contributed by atoms with van der Waals surface area (Å²) in [6, 6.07) is 12.9. The van der Waals surface area contributed by atoms with Crippen molar-refractivity contribution in [2.75, 3.05) is 12.4 Å². The molecule has 1 amide bonds. The quantitative estimate of drug-likeness (QED) is 0.886. The summed E-state index contributed by atoms with van der Waals surface area (Å²) in [6.07, 6.45) is 1.05. The Morgan fingerprint density at radius 3 is 2.86 bits per heavy atom. The number of amides is 1. The second-order valence-corrected chi connectivity index (χ2v) is 4.51. The minimum absolute atomic E-state index is 0.225. The molecular formula is C16H18N2O3. The second kappa shape index (κ2) is 7.40. The van der Waals surface area contributed by atoms with Gasteiger partial charge in [-0.3, -0.25) is 4.79 Å². The van der Waals surface area contributed by atoms with Crippen molar-refractivity contribution in [3.05, 3.63) is 54.2 Å². The number of hydrogen-bond donors (Lipinski definition) is 1. The van der Waals surface area contributed by atoms with Crippen LogP contribution < -0.4 is 10.1 Å². The second-order valence-electron chi connectivity index (χ2n) is 4.51. The zero-order chi connectivity index (χ0) is 15.1. The summed E-state index contributed by atoms with van der Waals surface area (Å²) in [5.74, 6) is 1.05. The Bertz CT molecular complexity index is 587. The molecule has 1 atom stereocenters. The lowest BCUT2D eigenvalue weighted by molar-refractivity contribution is -0.127. The molecule has 0 aliphatic rings. The Morgan fingerprint density at radius 2 is 2.14 bits per heavy atom. The molecule has 0 aliphatic carbocycles. The van der Waals surface area contributed by atoms with Crippen LogP contribution in [0.4, 0.5) is 5.82 Å². The first-order chi connectivity index (χ1) is 10.2. The van der Waals surface area contributed by atoms with E-state index < -0.39 is 6.10 Å². The number of pyridine rings is 1. The van der Waals surface area contributed by atoms with Crippen LogP contribution in [0, 0.1) is 0 Å². The van der Waals surface area contributed by atoms with Gasteiger partial charge in [0.15, 0.2) is 0 Å². The highest BCUT2D eigenvalue weighted by molar-refractivity contribution is 5.92. The van der Waals surface area contributed by atoms with Gasteiger partial charge in [-0.15, -0.1) is 0 Å². The normalized spacial score (nSPS) is 11.7. The molecule has 1 aromatic heterocycles. The predicted octanol–water partition coefficient (Wildman–Crippen LogP) is 2.63. The highest BCUT2D eigenvalue weighted by Crippen LogP contribution is 2.14. The van der Waals surface area contributed by atoms with Gasteiger partial charge < -0.3 is 14.8 Å². The van der Waals surface area contributed by atoms with Crippen LogP contribution in [0.1, 0.15) is 12.5 Å². The van der Waals surface area contributed by atoms with E-state index in [1.165, 1.54) is 0 Å². The Hall–Kier alpha value is -2.40. The van der Waals surface area contributed by atoms with Crippen molar-refractivity contribution in [3.63, 3.8) is 0 Å². The first-order valence-corrected chi connectivity index (χ1v) is 6.65. The minimum Gasteiger partial charge on any atom is -0.497 e. The molecule has 0 aliphatic heterocycles. The van der Waals surface area contributed by atoms with Gasteiger partial charge in [-0.2, -0.15) is 0 Å². The number of nitrogens with zero attached hydrogens (tertiary/aromatic N) is 1. The van der Waals surface area contributed by atoms with E-state index in [-0.39, 0.29) is 5.91 Å². The number of anilines is 1. The fourth-order valence-corrected chi connectivity index (χ4v) is 1.72. The van der Waals surface area contributed by atoms with E-state index in [4.69, 9.17) is 9.47 Å². The number of methoxy groups -OCH3 is 1. The molecule has 0 fully saturated rings. The van der Waals surface area contributed by atoms with E-state index in [0.29, 0.717) is 12.4 Å². The first-order valence-electron chi connectivity index (χ1n) is 6.65. The third kappa shape index (κ3) is 4.57.